The Balaban J connectivity index is 1.62. The number of H-pyrrole nitrogens is 1. The molecule has 3 rings (SSSR count). The topological polar surface area (TPSA) is 114 Å². The van der Waals surface area contributed by atoms with Crippen molar-refractivity contribution in [2.75, 3.05) is 0 Å². The Bertz CT molecular complexity index is 690. The van der Waals surface area contributed by atoms with Crippen LogP contribution in [0.25, 0.3) is 0 Å². The van der Waals surface area contributed by atoms with Crippen molar-refractivity contribution in [1.82, 2.24) is 20.5 Å². The van der Waals surface area contributed by atoms with Gasteiger partial charge in [-0.1, -0.05) is 12.1 Å². The summed E-state index contributed by atoms with van der Waals surface area (Å²) in [6, 6.07) is 6.81. The average Bonchev–Trinajstić information content (AvgIpc) is 3.22. The molecule has 2 amide bonds. The minimum absolute atomic E-state index is 0.142. The van der Waals surface area contributed by atoms with Crippen molar-refractivity contribution < 1.29 is 9.59 Å². The van der Waals surface area contributed by atoms with Crippen molar-refractivity contribution in [3.8, 4) is 0 Å². The van der Waals surface area contributed by atoms with Crippen molar-refractivity contribution >= 4 is 11.8 Å². The highest BCUT2D eigenvalue weighted by atomic mass is 16.2. The van der Waals surface area contributed by atoms with Crippen LogP contribution < -0.4 is 11.1 Å². The van der Waals surface area contributed by atoms with Crippen LogP contribution >= 0.6 is 0 Å². The molecule has 0 saturated heterocycles. The van der Waals surface area contributed by atoms with Crippen LogP contribution in [0.3, 0.4) is 0 Å². The van der Waals surface area contributed by atoms with Crippen molar-refractivity contribution in [2.45, 2.75) is 25.3 Å². The van der Waals surface area contributed by atoms with Crippen LogP contribution in [0.4, 0.5) is 0 Å². The first kappa shape index (κ1) is 13.3. The Morgan fingerprint density at radius 3 is 2.90 bits per heavy atom. The van der Waals surface area contributed by atoms with Gasteiger partial charge >= 0.3 is 0 Å². The van der Waals surface area contributed by atoms with Crippen LogP contribution in [0, 0.1) is 0 Å². The maximum absolute atomic E-state index is 11.9. The SMILES string of the molecule is NC(=O)c1cccc(CNC(=O)c2n[nH]c(C3CC3)n2)c1. The summed E-state index contributed by atoms with van der Waals surface area (Å²) in [6.07, 6.45) is 2.19. The smallest absolute Gasteiger partial charge is 0.291 e. The fraction of sp³-hybridized carbons (Fsp3) is 0.286. The third-order valence-corrected chi connectivity index (χ3v) is 3.33. The molecule has 108 valence electrons. The summed E-state index contributed by atoms with van der Waals surface area (Å²) >= 11 is 0. The van der Waals surface area contributed by atoms with E-state index in [9.17, 15) is 9.59 Å². The molecule has 0 unspecified atom stereocenters. The predicted octanol–water partition coefficient (Wildman–Crippen LogP) is 0.711. The molecular formula is C14H15N5O2. The zero-order chi connectivity index (χ0) is 14.8. The molecule has 1 aliphatic carbocycles. The van der Waals surface area contributed by atoms with Crippen LogP contribution in [-0.2, 0) is 6.54 Å². The molecule has 4 N–H and O–H groups in total. The Morgan fingerprint density at radius 2 is 2.19 bits per heavy atom. The lowest BCUT2D eigenvalue weighted by Gasteiger charge is -2.04. The summed E-state index contributed by atoms with van der Waals surface area (Å²) in [4.78, 5) is 27.2. The monoisotopic (exact) mass is 285 g/mol. The van der Waals surface area contributed by atoms with Gasteiger partial charge in [-0.05, 0) is 30.5 Å². The van der Waals surface area contributed by atoms with Crippen LogP contribution in [0.2, 0.25) is 0 Å². The summed E-state index contributed by atoms with van der Waals surface area (Å²) in [5, 5.41) is 9.42. The van der Waals surface area contributed by atoms with Gasteiger partial charge in [-0.15, -0.1) is 5.10 Å². The largest absolute Gasteiger partial charge is 0.366 e. The molecule has 2 aromatic rings. The molecule has 0 bridgehead atoms. The molecule has 0 atom stereocenters. The minimum atomic E-state index is -0.494. The second-order valence-corrected chi connectivity index (χ2v) is 5.07. The van der Waals surface area contributed by atoms with E-state index in [2.05, 4.69) is 20.5 Å². The van der Waals surface area contributed by atoms with Gasteiger partial charge in [0.05, 0.1) is 0 Å². The van der Waals surface area contributed by atoms with Gasteiger partial charge in [0.1, 0.15) is 5.82 Å². The number of rotatable bonds is 5. The number of primary amides is 1. The van der Waals surface area contributed by atoms with E-state index >= 15 is 0 Å². The number of carbonyl (C=O) groups is 2. The maximum atomic E-state index is 11.9. The van der Waals surface area contributed by atoms with Gasteiger partial charge in [-0.2, -0.15) is 0 Å². The van der Waals surface area contributed by atoms with Crippen LogP contribution in [-0.4, -0.2) is 27.0 Å². The molecule has 1 heterocycles. The van der Waals surface area contributed by atoms with Gasteiger partial charge in [0.15, 0.2) is 0 Å². The van der Waals surface area contributed by atoms with Gasteiger partial charge < -0.3 is 11.1 Å². The van der Waals surface area contributed by atoms with Gasteiger partial charge in [-0.3, -0.25) is 14.7 Å². The van der Waals surface area contributed by atoms with Crippen molar-refractivity contribution in [2.24, 2.45) is 5.73 Å². The van der Waals surface area contributed by atoms with E-state index in [0.29, 0.717) is 11.5 Å². The number of amides is 2. The number of hydrogen-bond donors (Lipinski definition) is 3. The number of carbonyl (C=O) groups excluding carboxylic acids is 2. The zero-order valence-corrected chi connectivity index (χ0v) is 11.3. The third-order valence-electron chi connectivity index (χ3n) is 3.33. The number of nitrogens with one attached hydrogen (secondary N) is 2. The van der Waals surface area contributed by atoms with E-state index in [1.165, 1.54) is 0 Å². The van der Waals surface area contributed by atoms with Gasteiger partial charge in [0.25, 0.3) is 5.91 Å². The fourth-order valence-electron chi connectivity index (χ4n) is 2.01. The molecule has 7 heteroatoms. The molecule has 1 fully saturated rings. The molecule has 1 aromatic carbocycles. The molecule has 0 aliphatic heterocycles. The van der Waals surface area contributed by atoms with E-state index in [0.717, 1.165) is 24.2 Å². The van der Waals surface area contributed by atoms with Crippen molar-refractivity contribution in [1.29, 1.82) is 0 Å². The van der Waals surface area contributed by atoms with E-state index in [1.807, 2.05) is 0 Å². The number of nitrogens with zero attached hydrogens (tertiary/aromatic N) is 2. The van der Waals surface area contributed by atoms with Crippen LogP contribution in [0.1, 0.15) is 51.1 Å². The molecule has 1 saturated carbocycles. The lowest BCUT2D eigenvalue weighted by Crippen LogP contribution is -2.24. The highest BCUT2D eigenvalue weighted by Gasteiger charge is 2.28. The van der Waals surface area contributed by atoms with Crippen molar-refractivity contribution in [3.63, 3.8) is 0 Å². The first-order chi connectivity index (χ1) is 10.1. The summed E-state index contributed by atoms with van der Waals surface area (Å²) in [6.45, 7) is 0.285. The number of hydrogen-bond acceptors (Lipinski definition) is 4. The normalized spacial score (nSPS) is 13.9. The number of benzene rings is 1. The van der Waals surface area contributed by atoms with E-state index in [1.54, 1.807) is 24.3 Å². The van der Waals surface area contributed by atoms with Crippen LogP contribution in [0.5, 0.6) is 0 Å². The standard InChI is InChI=1S/C14H15N5O2/c15-11(20)10-3-1-2-8(6-10)7-16-14(21)13-17-12(18-19-13)9-4-5-9/h1-3,6,9H,4-5,7H2,(H2,15,20)(H,16,21)(H,17,18,19). The lowest BCUT2D eigenvalue weighted by molar-refractivity contribution is 0.0940. The van der Waals surface area contributed by atoms with E-state index < -0.39 is 5.91 Å². The second kappa shape index (κ2) is 5.35. The number of nitrogens with two attached hydrogens (primary N) is 1. The summed E-state index contributed by atoms with van der Waals surface area (Å²) in [5.41, 5.74) is 6.42. The Labute approximate surface area is 121 Å². The number of aromatic nitrogens is 3. The number of aromatic amines is 1. The molecular weight excluding hydrogens is 270 g/mol. The Kier molecular flexibility index (Phi) is 3.39. The predicted molar refractivity (Wildman–Crippen MR) is 74.5 cm³/mol. The van der Waals surface area contributed by atoms with E-state index in [4.69, 9.17) is 5.73 Å². The minimum Gasteiger partial charge on any atom is -0.366 e. The van der Waals surface area contributed by atoms with Crippen molar-refractivity contribution in [3.05, 3.63) is 47.0 Å². The van der Waals surface area contributed by atoms with E-state index in [-0.39, 0.29) is 18.3 Å². The molecule has 1 aromatic heterocycles. The summed E-state index contributed by atoms with van der Waals surface area (Å²) in [5.74, 6) is 0.499. The fourth-order valence-corrected chi connectivity index (χ4v) is 2.01. The van der Waals surface area contributed by atoms with Gasteiger partial charge in [-0.25, -0.2) is 4.98 Å². The maximum Gasteiger partial charge on any atom is 0.291 e. The highest BCUT2D eigenvalue weighted by molar-refractivity contribution is 5.93. The van der Waals surface area contributed by atoms with Crippen LogP contribution in [0.15, 0.2) is 24.3 Å². The highest BCUT2D eigenvalue weighted by Crippen LogP contribution is 2.37. The molecule has 1 aliphatic rings. The molecule has 0 spiro atoms. The Hall–Kier alpha value is -2.70. The summed E-state index contributed by atoms with van der Waals surface area (Å²) in [7, 11) is 0. The third kappa shape index (κ3) is 3.07. The molecule has 7 nitrogen and oxygen atoms in total. The summed E-state index contributed by atoms with van der Waals surface area (Å²) < 4.78 is 0. The zero-order valence-electron chi connectivity index (χ0n) is 11.3. The molecule has 0 radical (unpaired) electrons. The second-order valence-electron chi connectivity index (χ2n) is 5.07. The van der Waals surface area contributed by atoms with Gasteiger partial charge in [0, 0.05) is 18.0 Å². The molecule has 21 heavy (non-hydrogen) atoms. The van der Waals surface area contributed by atoms with Gasteiger partial charge in [0.2, 0.25) is 11.7 Å². The lowest BCUT2D eigenvalue weighted by atomic mass is 10.1. The quantitative estimate of drug-likeness (QED) is 0.750. The first-order valence-corrected chi connectivity index (χ1v) is 6.72. The average molecular weight is 285 g/mol. The Morgan fingerprint density at radius 1 is 1.38 bits per heavy atom. The first-order valence-electron chi connectivity index (χ1n) is 6.72.